The van der Waals surface area contributed by atoms with Gasteiger partial charge in [0.2, 0.25) is 0 Å². The standard InChI is InChI=1S/C14H10ClF3N2O/c1-8-6-9(7-19-12(8)15)20-13(21)10-4-2-3-5-11(10)14(16,17)18/h2-7H,1H3,(H,20,21). The SMILES string of the molecule is Cc1cc(NC(=O)c2ccccc2C(F)(F)F)cnc1Cl. The van der Waals surface area contributed by atoms with Gasteiger partial charge in [-0.25, -0.2) is 4.98 Å². The van der Waals surface area contributed by atoms with Crippen molar-refractivity contribution in [2.24, 2.45) is 0 Å². The Bertz CT molecular complexity index is 686. The van der Waals surface area contributed by atoms with Gasteiger partial charge in [0.05, 0.1) is 23.0 Å². The average molecular weight is 315 g/mol. The minimum Gasteiger partial charge on any atom is -0.321 e. The van der Waals surface area contributed by atoms with Crippen molar-refractivity contribution in [3.05, 3.63) is 58.4 Å². The zero-order valence-corrected chi connectivity index (χ0v) is 11.6. The highest BCUT2D eigenvalue weighted by Crippen LogP contribution is 2.32. The van der Waals surface area contributed by atoms with Crippen LogP contribution < -0.4 is 5.32 Å². The van der Waals surface area contributed by atoms with Gasteiger partial charge in [0, 0.05) is 0 Å². The summed E-state index contributed by atoms with van der Waals surface area (Å²) >= 11 is 5.75. The molecule has 3 nitrogen and oxygen atoms in total. The highest BCUT2D eigenvalue weighted by atomic mass is 35.5. The van der Waals surface area contributed by atoms with E-state index >= 15 is 0 Å². The van der Waals surface area contributed by atoms with E-state index in [9.17, 15) is 18.0 Å². The van der Waals surface area contributed by atoms with Gasteiger partial charge in [-0.2, -0.15) is 13.2 Å². The van der Waals surface area contributed by atoms with Crippen LogP contribution in [0.25, 0.3) is 0 Å². The number of hydrogen-bond donors (Lipinski definition) is 1. The van der Waals surface area contributed by atoms with Crippen LogP contribution in [0.4, 0.5) is 18.9 Å². The molecule has 1 heterocycles. The van der Waals surface area contributed by atoms with Crippen molar-refractivity contribution in [2.45, 2.75) is 13.1 Å². The molecular weight excluding hydrogens is 305 g/mol. The number of benzene rings is 1. The van der Waals surface area contributed by atoms with Crippen LogP contribution in [0.2, 0.25) is 5.15 Å². The lowest BCUT2D eigenvalue weighted by atomic mass is 10.1. The molecule has 0 bridgehead atoms. The first-order chi connectivity index (χ1) is 9.79. The number of rotatable bonds is 2. The molecule has 21 heavy (non-hydrogen) atoms. The predicted molar refractivity (Wildman–Crippen MR) is 73.4 cm³/mol. The summed E-state index contributed by atoms with van der Waals surface area (Å²) in [5, 5.41) is 2.65. The second-order valence-electron chi connectivity index (χ2n) is 4.33. The highest BCUT2D eigenvalue weighted by molar-refractivity contribution is 6.30. The molecule has 0 aliphatic carbocycles. The summed E-state index contributed by atoms with van der Waals surface area (Å²) in [6.07, 6.45) is -3.31. The Balaban J connectivity index is 2.31. The molecule has 0 saturated heterocycles. The number of alkyl halides is 3. The predicted octanol–water partition coefficient (Wildman–Crippen LogP) is 4.31. The summed E-state index contributed by atoms with van der Waals surface area (Å²) in [7, 11) is 0. The van der Waals surface area contributed by atoms with Crippen LogP contribution in [0.15, 0.2) is 36.5 Å². The van der Waals surface area contributed by atoms with Crippen LogP contribution >= 0.6 is 11.6 Å². The van der Waals surface area contributed by atoms with Crippen LogP contribution in [0.3, 0.4) is 0 Å². The molecule has 0 fully saturated rings. The number of nitrogens with one attached hydrogen (secondary N) is 1. The molecule has 0 aliphatic rings. The van der Waals surface area contributed by atoms with Gasteiger partial charge in [-0.15, -0.1) is 0 Å². The number of carbonyl (C=O) groups excluding carboxylic acids is 1. The molecule has 0 unspecified atom stereocenters. The lowest BCUT2D eigenvalue weighted by Gasteiger charge is -2.12. The van der Waals surface area contributed by atoms with E-state index in [1.165, 1.54) is 24.4 Å². The van der Waals surface area contributed by atoms with Gasteiger partial charge in [-0.05, 0) is 30.7 Å². The number of nitrogens with zero attached hydrogens (tertiary/aromatic N) is 1. The summed E-state index contributed by atoms with van der Waals surface area (Å²) in [5.74, 6) is -0.855. The third kappa shape index (κ3) is 3.52. The second-order valence-corrected chi connectivity index (χ2v) is 4.69. The smallest absolute Gasteiger partial charge is 0.321 e. The van der Waals surface area contributed by atoms with Crippen LogP contribution in [-0.4, -0.2) is 10.9 Å². The fourth-order valence-corrected chi connectivity index (χ4v) is 1.86. The van der Waals surface area contributed by atoms with Crippen molar-refractivity contribution in [2.75, 3.05) is 5.32 Å². The molecule has 2 rings (SSSR count). The quantitative estimate of drug-likeness (QED) is 0.839. The van der Waals surface area contributed by atoms with Crippen LogP contribution in [0, 0.1) is 6.92 Å². The number of aromatic nitrogens is 1. The molecule has 1 aromatic heterocycles. The van der Waals surface area contributed by atoms with E-state index < -0.39 is 23.2 Å². The number of halogens is 4. The first kappa shape index (κ1) is 15.3. The van der Waals surface area contributed by atoms with Gasteiger partial charge in [-0.1, -0.05) is 23.7 Å². The van der Waals surface area contributed by atoms with Crippen LogP contribution in [-0.2, 0) is 6.18 Å². The molecule has 0 atom stereocenters. The normalized spacial score (nSPS) is 11.3. The number of anilines is 1. The summed E-state index contributed by atoms with van der Waals surface area (Å²) in [6, 6.07) is 6.11. The Hall–Kier alpha value is -2.08. The summed E-state index contributed by atoms with van der Waals surface area (Å²) in [6.45, 7) is 1.68. The van der Waals surface area contributed by atoms with E-state index in [0.717, 1.165) is 12.1 Å². The maximum Gasteiger partial charge on any atom is 0.417 e. The number of amides is 1. The first-order valence-electron chi connectivity index (χ1n) is 5.89. The minimum absolute atomic E-state index is 0.267. The van der Waals surface area contributed by atoms with Crippen molar-refractivity contribution in [3.63, 3.8) is 0 Å². The van der Waals surface area contributed by atoms with Crippen molar-refractivity contribution in [1.82, 2.24) is 4.98 Å². The molecule has 1 aromatic carbocycles. The van der Waals surface area contributed by atoms with Crippen LogP contribution in [0.5, 0.6) is 0 Å². The van der Waals surface area contributed by atoms with E-state index in [4.69, 9.17) is 11.6 Å². The van der Waals surface area contributed by atoms with E-state index in [1.54, 1.807) is 6.92 Å². The summed E-state index contributed by atoms with van der Waals surface area (Å²) in [5.41, 5.74) is -0.545. The Kier molecular flexibility index (Phi) is 4.18. The summed E-state index contributed by atoms with van der Waals surface area (Å²) in [4.78, 5) is 15.8. The number of carbonyl (C=O) groups is 1. The molecule has 7 heteroatoms. The van der Waals surface area contributed by atoms with Crippen molar-refractivity contribution in [1.29, 1.82) is 0 Å². The first-order valence-corrected chi connectivity index (χ1v) is 6.26. The summed E-state index contributed by atoms with van der Waals surface area (Å²) < 4.78 is 38.6. The van der Waals surface area contributed by atoms with Crippen molar-refractivity contribution >= 4 is 23.2 Å². The number of pyridine rings is 1. The van der Waals surface area contributed by atoms with Gasteiger partial charge in [-0.3, -0.25) is 4.79 Å². The monoisotopic (exact) mass is 314 g/mol. The topological polar surface area (TPSA) is 42.0 Å². The molecule has 0 aliphatic heterocycles. The van der Waals surface area contributed by atoms with E-state index in [1.807, 2.05) is 0 Å². The molecule has 1 N–H and O–H groups in total. The highest BCUT2D eigenvalue weighted by Gasteiger charge is 2.34. The molecule has 110 valence electrons. The lowest BCUT2D eigenvalue weighted by Crippen LogP contribution is -2.18. The number of aryl methyl sites for hydroxylation is 1. The minimum atomic E-state index is -4.60. The molecule has 0 radical (unpaired) electrons. The average Bonchev–Trinajstić information content (AvgIpc) is 2.42. The van der Waals surface area contributed by atoms with Gasteiger partial charge >= 0.3 is 6.18 Å². The molecule has 0 saturated carbocycles. The van der Waals surface area contributed by atoms with Crippen molar-refractivity contribution in [3.8, 4) is 0 Å². The van der Waals surface area contributed by atoms with Gasteiger partial charge < -0.3 is 5.32 Å². The Morgan fingerprint density at radius 1 is 1.29 bits per heavy atom. The zero-order valence-electron chi connectivity index (χ0n) is 10.8. The Morgan fingerprint density at radius 3 is 2.57 bits per heavy atom. The fraction of sp³-hybridized carbons (Fsp3) is 0.143. The largest absolute Gasteiger partial charge is 0.417 e. The Morgan fingerprint density at radius 2 is 1.95 bits per heavy atom. The van der Waals surface area contributed by atoms with E-state index in [-0.39, 0.29) is 10.8 Å². The van der Waals surface area contributed by atoms with E-state index in [0.29, 0.717) is 5.56 Å². The number of hydrogen-bond acceptors (Lipinski definition) is 2. The van der Waals surface area contributed by atoms with Crippen molar-refractivity contribution < 1.29 is 18.0 Å². The van der Waals surface area contributed by atoms with Crippen LogP contribution in [0.1, 0.15) is 21.5 Å². The molecule has 1 amide bonds. The molecule has 2 aromatic rings. The molecular formula is C14H10ClF3N2O. The Labute approximate surface area is 123 Å². The third-order valence-corrected chi connectivity index (χ3v) is 3.15. The van der Waals surface area contributed by atoms with E-state index in [2.05, 4.69) is 10.3 Å². The molecule has 0 spiro atoms. The zero-order chi connectivity index (χ0) is 15.6. The lowest BCUT2D eigenvalue weighted by molar-refractivity contribution is -0.137. The van der Waals surface area contributed by atoms with Gasteiger partial charge in [0.25, 0.3) is 5.91 Å². The maximum atomic E-state index is 12.9. The second kappa shape index (κ2) is 5.73. The maximum absolute atomic E-state index is 12.9. The van der Waals surface area contributed by atoms with Gasteiger partial charge in [0.15, 0.2) is 0 Å². The fourth-order valence-electron chi connectivity index (χ4n) is 1.75. The van der Waals surface area contributed by atoms with Gasteiger partial charge in [0.1, 0.15) is 5.15 Å². The third-order valence-electron chi connectivity index (χ3n) is 2.75.